The molecule has 106 valence electrons. The van der Waals surface area contributed by atoms with Crippen LogP contribution in [0.4, 0.5) is 4.39 Å². The van der Waals surface area contributed by atoms with Crippen LogP contribution in [0.15, 0.2) is 47.4 Å². The number of imide groups is 1. The molecule has 0 saturated carbocycles. The molecule has 0 radical (unpaired) electrons. The molecule has 6 heteroatoms. The van der Waals surface area contributed by atoms with Gasteiger partial charge in [-0.3, -0.25) is 19.3 Å². The quantitative estimate of drug-likeness (QED) is 0.799. The number of rotatable bonds is 3. The van der Waals surface area contributed by atoms with Crippen LogP contribution in [0.2, 0.25) is 0 Å². The van der Waals surface area contributed by atoms with E-state index in [1.165, 1.54) is 0 Å². The SMILES string of the molecule is O=C1c2ccccc2C(=O)N1CCn1cc(F)ccc1=O. The number of benzene rings is 1. The second kappa shape index (κ2) is 4.97. The zero-order chi connectivity index (χ0) is 15.0. The van der Waals surface area contributed by atoms with Gasteiger partial charge in [-0.2, -0.15) is 0 Å². The molecular weight excluding hydrogens is 275 g/mol. The Morgan fingerprint density at radius 2 is 1.48 bits per heavy atom. The van der Waals surface area contributed by atoms with Crippen LogP contribution in [0.25, 0.3) is 0 Å². The topological polar surface area (TPSA) is 59.4 Å². The monoisotopic (exact) mass is 286 g/mol. The lowest BCUT2D eigenvalue weighted by molar-refractivity contribution is 0.0648. The molecule has 1 aromatic heterocycles. The largest absolute Gasteiger partial charge is 0.311 e. The molecular formula is C15H11FN2O3. The fourth-order valence-corrected chi connectivity index (χ4v) is 2.33. The Bertz CT molecular complexity index is 763. The summed E-state index contributed by atoms with van der Waals surface area (Å²) in [7, 11) is 0. The number of pyridine rings is 1. The van der Waals surface area contributed by atoms with Crippen LogP contribution < -0.4 is 5.56 Å². The first-order valence-electron chi connectivity index (χ1n) is 6.39. The molecule has 0 atom stereocenters. The van der Waals surface area contributed by atoms with Crippen molar-refractivity contribution in [2.45, 2.75) is 6.54 Å². The van der Waals surface area contributed by atoms with Gasteiger partial charge >= 0.3 is 0 Å². The highest BCUT2D eigenvalue weighted by Crippen LogP contribution is 2.21. The Balaban J connectivity index is 1.81. The summed E-state index contributed by atoms with van der Waals surface area (Å²) in [5, 5.41) is 0. The van der Waals surface area contributed by atoms with Crippen molar-refractivity contribution < 1.29 is 14.0 Å². The van der Waals surface area contributed by atoms with E-state index in [1.54, 1.807) is 24.3 Å². The van der Waals surface area contributed by atoms with E-state index in [9.17, 15) is 18.8 Å². The van der Waals surface area contributed by atoms with Crippen molar-refractivity contribution in [2.75, 3.05) is 6.54 Å². The van der Waals surface area contributed by atoms with Crippen molar-refractivity contribution in [3.8, 4) is 0 Å². The summed E-state index contributed by atoms with van der Waals surface area (Å²) in [6.45, 7) is 0.0811. The number of carbonyl (C=O) groups excluding carboxylic acids is 2. The molecule has 0 N–H and O–H groups in total. The molecule has 0 aliphatic carbocycles. The molecule has 0 fully saturated rings. The van der Waals surface area contributed by atoms with Gasteiger partial charge in [0.1, 0.15) is 5.82 Å². The Labute approximate surface area is 119 Å². The summed E-state index contributed by atoms with van der Waals surface area (Å²) in [5.74, 6) is -1.32. The highest BCUT2D eigenvalue weighted by molar-refractivity contribution is 6.21. The summed E-state index contributed by atoms with van der Waals surface area (Å²) in [6, 6.07) is 8.72. The first kappa shape index (κ1) is 13.2. The van der Waals surface area contributed by atoms with E-state index < -0.39 is 5.82 Å². The Kier molecular flexibility index (Phi) is 3.13. The van der Waals surface area contributed by atoms with E-state index >= 15 is 0 Å². The van der Waals surface area contributed by atoms with Gasteiger partial charge in [-0.15, -0.1) is 0 Å². The fourth-order valence-electron chi connectivity index (χ4n) is 2.33. The second-order valence-electron chi connectivity index (χ2n) is 4.69. The van der Waals surface area contributed by atoms with E-state index in [1.807, 2.05) is 0 Å². The first-order valence-corrected chi connectivity index (χ1v) is 6.39. The molecule has 0 saturated heterocycles. The number of fused-ring (bicyclic) bond motifs is 1. The van der Waals surface area contributed by atoms with E-state index in [-0.39, 0.29) is 30.5 Å². The average molecular weight is 286 g/mol. The number of hydrogen-bond acceptors (Lipinski definition) is 3. The van der Waals surface area contributed by atoms with Gasteiger partial charge in [0.15, 0.2) is 0 Å². The van der Waals surface area contributed by atoms with Crippen LogP contribution in [-0.4, -0.2) is 27.8 Å². The molecule has 2 aromatic rings. The lowest BCUT2D eigenvalue weighted by Gasteiger charge is -2.14. The minimum Gasteiger partial charge on any atom is -0.311 e. The number of amides is 2. The van der Waals surface area contributed by atoms with Crippen molar-refractivity contribution in [3.63, 3.8) is 0 Å². The lowest BCUT2D eigenvalue weighted by atomic mass is 10.1. The van der Waals surface area contributed by atoms with Crippen molar-refractivity contribution in [1.82, 2.24) is 9.47 Å². The Morgan fingerprint density at radius 1 is 0.857 bits per heavy atom. The summed E-state index contributed by atoms with van der Waals surface area (Å²) in [6.07, 6.45) is 1.06. The molecule has 5 nitrogen and oxygen atoms in total. The predicted octanol–water partition coefficient (Wildman–Crippen LogP) is 1.28. The first-order chi connectivity index (χ1) is 10.1. The highest BCUT2D eigenvalue weighted by atomic mass is 19.1. The molecule has 1 aliphatic heterocycles. The summed E-state index contributed by atoms with van der Waals surface area (Å²) in [5.41, 5.74) is 0.330. The van der Waals surface area contributed by atoms with Crippen LogP contribution in [0.3, 0.4) is 0 Å². The van der Waals surface area contributed by atoms with Crippen molar-refractivity contribution >= 4 is 11.8 Å². The number of carbonyl (C=O) groups is 2. The fraction of sp³-hybridized carbons (Fsp3) is 0.133. The Morgan fingerprint density at radius 3 is 2.10 bits per heavy atom. The molecule has 0 unspecified atom stereocenters. The summed E-state index contributed by atoms with van der Waals surface area (Å²) in [4.78, 5) is 36.9. The van der Waals surface area contributed by atoms with Crippen LogP contribution in [-0.2, 0) is 6.54 Å². The molecule has 0 bridgehead atoms. The molecule has 21 heavy (non-hydrogen) atoms. The predicted molar refractivity (Wildman–Crippen MR) is 72.5 cm³/mol. The molecule has 3 rings (SSSR count). The highest BCUT2D eigenvalue weighted by Gasteiger charge is 2.34. The molecule has 2 amide bonds. The molecule has 0 spiro atoms. The van der Waals surface area contributed by atoms with Gasteiger partial charge in [-0.25, -0.2) is 4.39 Å². The number of aromatic nitrogens is 1. The van der Waals surface area contributed by atoms with Gasteiger partial charge in [-0.1, -0.05) is 12.1 Å². The second-order valence-corrected chi connectivity index (χ2v) is 4.69. The minimum absolute atomic E-state index is 0.0235. The Hall–Kier alpha value is -2.76. The van der Waals surface area contributed by atoms with E-state index in [0.717, 1.165) is 27.8 Å². The van der Waals surface area contributed by atoms with Crippen LogP contribution in [0.5, 0.6) is 0 Å². The zero-order valence-electron chi connectivity index (χ0n) is 11.0. The maximum atomic E-state index is 13.1. The van der Waals surface area contributed by atoms with Crippen LogP contribution in [0.1, 0.15) is 20.7 Å². The third kappa shape index (κ3) is 2.24. The van der Waals surface area contributed by atoms with Crippen molar-refractivity contribution in [3.05, 3.63) is 69.9 Å². The van der Waals surface area contributed by atoms with Gasteiger partial charge in [-0.05, 0) is 18.2 Å². The number of hydrogen-bond donors (Lipinski definition) is 0. The third-order valence-electron chi connectivity index (χ3n) is 3.39. The van der Waals surface area contributed by atoms with Gasteiger partial charge in [0.05, 0.1) is 11.1 Å². The smallest absolute Gasteiger partial charge is 0.261 e. The number of halogens is 1. The van der Waals surface area contributed by atoms with E-state index in [2.05, 4.69) is 0 Å². The van der Waals surface area contributed by atoms with Gasteiger partial charge in [0.2, 0.25) is 0 Å². The maximum absolute atomic E-state index is 13.1. The molecule has 2 heterocycles. The average Bonchev–Trinajstić information content (AvgIpc) is 2.73. The summed E-state index contributed by atoms with van der Waals surface area (Å²) < 4.78 is 14.2. The van der Waals surface area contributed by atoms with Crippen LogP contribution >= 0.6 is 0 Å². The standard InChI is InChI=1S/C15H11FN2O3/c16-10-5-6-13(19)17(9-10)7-8-18-14(20)11-3-1-2-4-12(11)15(18)21/h1-6,9H,7-8H2. The lowest BCUT2D eigenvalue weighted by Crippen LogP contribution is -2.34. The minimum atomic E-state index is -0.544. The maximum Gasteiger partial charge on any atom is 0.261 e. The molecule has 1 aromatic carbocycles. The molecule has 1 aliphatic rings. The van der Waals surface area contributed by atoms with Crippen molar-refractivity contribution in [1.29, 1.82) is 0 Å². The van der Waals surface area contributed by atoms with E-state index in [4.69, 9.17) is 0 Å². The summed E-state index contributed by atoms with van der Waals surface area (Å²) >= 11 is 0. The number of nitrogens with zero attached hydrogens (tertiary/aromatic N) is 2. The normalized spacial score (nSPS) is 13.7. The van der Waals surface area contributed by atoms with E-state index in [0.29, 0.717) is 11.1 Å². The van der Waals surface area contributed by atoms with Gasteiger partial charge < -0.3 is 4.57 Å². The van der Waals surface area contributed by atoms with Gasteiger partial charge in [0, 0.05) is 25.4 Å². The van der Waals surface area contributed by atoms with Crippen LogP contribution in [0, 0.1) is 5.82 Å². The van der Waals surface area contributed by atoms with Crippen molar-refractivity contribution in [2.24, 2.45) is 0 Å². The van der Waals surface area contributed by atoms with Gasteiger partial charge in [0.25, 0.3) is 17.4 Å². The zero-order valence-corrected chi connectivity index (χ0v) is 11.0. The third-order valence-corrected chi connectivity index (χ3v) is 3.39.